The average Bonchev–Trinajstić information content (AvgIpc) is 3.16. The minimum absolute atomic E-state index is 0.0201. The van der Waals surface area contributed by atoms with Gasteiger partial charge in [0, 0.05) is 19.4 Å². The van der Waals surface area contributed by atoms with Gasteiger partial charge < -0.3 is 14.2 Å². The van der Waals surface area contributed by atoms with Gasteiger partial charge in [0.25, 0.3) is 0 Å². The van der Waals surface area contributed by atoms with E-state index in [0.29, 0.717) is 12.2 Å². The molecule has 2 aliphatic heterocycles. The number of rotatable bonds is 10. The van der Waals surface area contributed by atoms with Crippen LogP contribution < -0.4 is 0 Å². The second-order valence-electron chi connectivity index (χ2n) is 5.45. The van der Waals surface area contributed by atoms with Gasteiger partial charge in [-0.2, -0.15) is 0 Å². The molecule has 0 spiro atoms. The molecule has 3 heteroatoms. The van der Waals surface area contributed by atoms with Gasteiger partial charge in [0.2, 0.25) is 0 Å². The largest absolute Gasteiger partial charge is 0.375 e. The van der Waals surface area contributed by atoms with Crippen LogP contribution in [-0.4, -0.2) is 37.6 Å². The van der Waals surface area contributed by atoms with Crippen LogP contribution in [0.4, 0.5) is 0 Å². The first-order valence-corrected chi connectivity index (χ1v) is 7.15. The van der Waals surface area contributed by atoms with Crippen molar-refractivity contribution in [3.63, 3.8) is 0 Å². The monoisotopic (exact) mass is 242 g/mol. The minimum atomic E-state index is 0.0201. The molecule has 0 saturated carbocycles. The Morgan fingerprint density at radius 1 is 1.06 bits per heavy atom. The number of epoxide rings is 2. The van der Waals surface area contributed by atoms with Crippen LogP contribution in [0.5, 0.6) is 0 Å². The Bertz CT molecular complexity index is 208. The Balaban J connectivity index is 1.87. The van der Waals surface area contributed by atoms with Crippen molar-refractivity contribution in [2.75, 3.05) is 19.8 Å². The van der Waals surface area contributed by atoms with Gasteiger partial charge in [0.15, 0.2) is 0 Å². The SMILES string of the molecule is CCCCOC(CCC)(CC1CO1)CC1CO1. The summed E-state index contributed by atoms with van der Waals surface area (Å²) >= 11 is 0. The van der Waals surface area contributed by atoms with Crippen LogP contribution in [0.25, 0.3) is 0 Å². The predicted octanol–water partition coefficient (Wildman–Crippen LogP) is 2.92. The van der Waals surface area contributed by atoms with E-state index < -0.39 is 0 Å². The fourth-order valence-electron chi connectivity index (χ4n) is 2.57. The molecular formula is C14H26O3. The van der Waals surface area contributed by atoms with Gasteiger partial charge in [0.05, 0.1) is 31.0 Å². The van der Waals surface area contributed by atoms with Crippen LogP contribution in [-0.2, 0) is 14.2 Å². The van der Waals surface area contributed by atoms with Crippen molar-refractivity contribution in [2.45, 2.75) is 70.2 Å². The zero-order valence-corrected chi connectivity index (χ0v) is 11.2. The van der Waals surface area contributed by atoms with E-state index in [0.717, 1.165) is 45.5 Å². The minimum Gasteiger partial charge on any atom is -0.375 e. The fraction of sp³-hybridized carbons (Fsp3) is 1.00. The Morgan fingerprint density at radius 2 is 1.65 bits per heavy atom. The van der Waals surface area contributed by atoms with Crippen LogP contribution in [0.2, 0.25) is 0 Å². The lowest BCUT2D eigenvalue weighted by molar-refractivity contribution is -0.0725. The molecule has 2 fully saturated rings. The molecular weight excluding hydrogens is 216 g/mol. The van der Waals surface area contributed by atoms with E-state index in [1.807, 2.05) is 0 Å². The van der Waals surface area contributed by atoms with Gasteiger partial charge >= 0.3 is 0 Å². The molecule has 0 amide bonds. The van der Waals surface area contributed by atoms with Crippen molar-refractivity contribution in [2.24, 2.45) is 0 Å². The Labute approximate surface area is 105 Å². The first kappa shape index (κ1) is 13.3. The standard InChI is InChI=1S/C14H26O3/c1-3-5-7-17-14(6-4-2,8-12-10-15-12)9-13-11-16-13/h12-13H,3-11H2,1-2H3. The van der Waals surface area contributed by atoms with E-state index in [1.165, 1.54) is 12.8 Å². The van der Waals surface area contributed by atoms with Crippen LogP contribution in [0.15, 0.2) is 0 Å². The quantitative estimate of drug-likeness (QED) is 0.436. The zero-order chi connectivity index (χ0) is 12.1. The average molecular weight is 242 g/mol. The van der Waals surface area contributed by atoms with Gasteiger partial charge in [-0.15, -0.1) is 0 Å². The molecule has 17 heavy (non-hydrogen) atoms. The molecule has 0 aromatic rings. The highest BCUT2D eigenvalue weighted by atomic mass is 16.6. The zero-order valence-electron chi connectivity index (χ0n) is 11.2. The molecule has 2 heterocycles. The summed E-state index contributed by atoms with van der Waals surface area (Å²) in [5.74, 6) is 0. The lowest BCUT2D eigenvalue weighted by Gasteiger charge is -2.33. The lowest BCUT2D eigenvalue weighted by Crippen LogP contribution is -2.36. The van der Waals surface area contributed by atoms with E-state index >= 15 is 0 Å². The van der Waals surface area contributed by atoms with Crippen LogP contribution >= 0.6 is 0 Å². The van der Waals surface area contributed by atoms with E-state index in [9.17, 15) is 0 Å². The molecule has 2 saturated heterocycles. The Morgan fingerprint density at radius 3 is 2.06 bits per heavy atom. The summed E-state index contributed by atoms with van der Waals surface area (Å²) in [6.45, 7) is 7.18. The van der Waals surface area contributed by atoms with Crippen molar-refractivity contribution in [1.82, 2.24) is 0 Å². The molecule has 0 aliphatic carbocycles. The second-order valence-corrected chi connectivity index (χ2v) is 5.45. The summed E-state index contributed by atoms with van der Waals surface area (Å²) in [5, 5.41) is 0. The molecule has 3 nitrogen and oxygen atoms in total. The van der Waals surface area contributed by atoms with Crippen LogP contribution in [0, 0.1) is 0 Å². The van der Waals surface area contributed by atoms with Gasteiger partial charge in [0.1, 0.15) is 0 Å². The highest BCUT2D eigenvalue weighted by Gasteiger charge is 2.42. The van der Waals surface area contributed by atoms with Crippen molar-refractivity contribution >= 4 is 0 Å². The molecule has 0 radical (unpaired) electrons. The highest BCUT2D eigenvalue weighted by Crippen LogP contribution is 2.37. The first-order chi connectivity index (χ1) is 8.28. The molecule has 2 unspecified atom stereocenters. The van der Waals surface area contributed by atoms with Gasteiger partial charge in [-0.25, -0.2) is 0 Å². The number of unbranched alkanes of at least 4 members (excludes halogenated alkanes) is 1. The van der Waals surface area contributed by atoms with Crippen molar-refractivity contribution in [3.8, 4) is 0 Å². The van der Waals surface area contributed by atoms with Gasteiger partial charge in [-0.05, 0) is 12.8 Å². The number of hydrogen-bond acceptors (Lipinski definition) is 3. The first-order valence-electron chi connectivity index (χ1n) is 7.15. The summed E-state index contributed by atoms with van der Waals surface area (Å²) in [5.41, 5.74) is 0.0201. The van der Waals surface area contributed by atoms with E-state index in [1.54, 1.807) is 0 Å². The maximum absolute atomic E-state index is 6.25. The van der Waals surface area contributed by atoms with Gasteiger partial charge in [-0.1, -0.05) is 26.7 Å². The maximum atomic E-state index is 6.25. The van der Waals surface area contributed by atoms with Crippen LogP contribution in [0.1, 0.15) is 52.4 Å². The smallest absolute Gasteiger partial charge is 0.0837 e. The van der Waals surface area contributed by atoms with Gasteiger partial charge in [-0.3, -0.25) is 0 Å². The highest BCUT2D eigenvalue weighted by molar-refractivity contribution is 4.92. The maximum Gasteiger partial charge on any atom is 0.0837 e. The Hall–Kier alpha value is -0.120. The number of ether oxygens (including phenoxy) is 3. The molecule has 0 bridgehead atoms. The lowest BCUT2D eigenvalue weighted by atomic mass is 9.87. The molecule has 2 atom stereocenters. The van der Waals surface area contributed by atoms with E-state index in [2.05, 4.69) is 13.8 Å². The third-order valence-corrected chi connectivity index (χ3v) is 3.62. The summed E-state index contributed by atoms with van der Waals surface area (Å²) in [6.07, 6.45) is 7.67. The van der Waals surface area contributed by atoms with Crippen molar-refractivity contribution < 1.29 is 14.2 Å². The number of hydrogen-bond donors (Lipinski definition) is 0. The molecule has 2 aliphatic rings. The second kappa shape index (κ2) is 6.17. The summed E-state index contributed by atoms with van der Waals surface area (Å²) in [4.78, 5) is 0. The third kappa shape index (κ3) is 4.57. The molecule has 0 aromatic carbocycles. The summed E-state index contributed by atoms with van der Waals surface area (Å²) in [7, 11) is 0. The molecule has 100 valence electrons. The predicted molar refractivity (Wildman–Crippen MR) is 67.2 cm³/mol. The summed E-state index contributed by atoms with van der Waals surface area (Å²) in [6, 6.07) is 0. The molecule has 2 rings (SSSR count). The molecule has 0 aromatic heterocycles. The summed E-state index contributed by atoms with van der Waals surface area (Å²) < 4.78 is 17.0. The molecule has 0 N–H and O–H groups in total. The van der Waals surface area contributed by atoms with Crippen molar-refractivity contribution in [1.29, 1.82) is 0 Å². The van der Waals surface area contributed by atoms with Crippen LogP contribution in [0.3, 0.4) is 0 Å². The van der Waals surface area contributed by atoms with E-state index in [-0.39, 0.29) is 5.60 Å². The Kier molecular flexibility index (Phi) is 4.83. The van der Waals surface area contributed by atoms with E-state index in [4.69, 9.17) is 14.2 Å². The fourth-order valence-corrected chi connectivity index (χ4v) is 2.57. The third-order valence-electron chi connectivity index (χ3n) is 3.62. The normalized spacial score (nSPS) is 30.0. The van der Waals surface area contributed by atoms with Crippen molar-refractivity contribution in [3.05, 3.63) is 0 Å². The topological polar surface area (TPSA) is 34.3 Å².